The third kappa shape index (κ3) is 2.39. The maximum atomic E-state index is 11.7. The predicted molar refractivity (Wildman–Crippen MR) is 75.6 cm³/mol. The Kier molecular flexibility index (Phi) is 3.56. The highest BCUT2D eigenvalue weighted by Crippen LogP contribution is 2.39. The van der Waals surface area contributed by atoms with Crippen molar-refractivity contribution >= 4 is 11.5 Å². The number of carbonyl (C=O) groups excluding carboxylic acids is 1. The van der Waals surface area contributed by atoms with Crippen LogP contribution in [-0.4, -0.2) is 31.6 Å². The molecule has 3 heteroatoms. The lowest BCUT2D eigenvalue weighted by atomic mass is 9.98. The topological polar surface area (TPSA) is 29.5 Å². The molecule has 2 unspecified atom stereocenters. The van der Waals surface area contributed by atoms with Gasteiger partial charge in [0.2, 0.25) is 0 Å². The monoisotopic (exact) mass is 259 g/mol. The highest BCUT2D eigenvalue weighted by molar-refractivity contribution is 5.83. The van der Waals surface area contributed by atoms with Crippen LogP contribution < -0.4 is 4.90 Å². The van der Waals surface area contributed by atoms with E-state index < -0.39 is 0 Å². The molecule has 0 aromatic heterocycles. The summed E-state index contributed by atoms with van der Waals surface area (Å²) >= 11 is 0. The van der Waals surface area contributed by atoms with Crippen molar-refractivity contribution in [2.24, 2.45) is 0 Å². The van der Waals surface area contributed by atoms with Crippen LogP contribution in [-0.2, 0) is 16.0 Å². The third-order valence-electron chi connectivity index (χ3n) is 4.39. The van der Waals surface area contributed by atoms with Gasteiger partial charge in [-0.15, -0.1) is 0 Å². The molecule has 0 aliphatic carbocycles. The Bertz CT molecular complexity index is 456. The first-order chi connectivity index (χ1) is 9.29. The molecule has 2 saturated heterocycles. The van der Waals surface area contributed by atoms with Crippen LogP contribution in [0.1, 0.15) is 31.2 Å². The lowest BCUT2D eigenvalue weighted by molar-refractivity contribution is -0.120. The molecule has 2 fully saturated rings. The molecule has 0 saturated carbocycles. The molecule has 3 nitrogen and oxygen atoms in total. The van der Waals surface area contributed by atoms with Crippen molar-refractivity contribution in [3.63, 3.8) is 0 Å². The van der Waals surface area contributed by atoms with Crippen LogP contribution in [0, 0.1) is 0 Å². The van der Waals surface area contributed by atoms with Crippen molar-refractivity contribution in [3.8, 4) is 0 Å². The summed E-state index contributed by atoms with van der Waals surface area (Å²) in [4.78, 5) is 14.2. The molecule has 0 N–H and O–H groups in total. The fraction of sp³-hybridized carbons (Fsp3) is 0.562. The van der Waals surface area contributed by atoms with Crippen molar-refractivity contribution in [2.75, 3.05) is 18.6 Å². The second-order valence-electron chi connectivity index (χ2n) is 5.61. The van der Waals surface area contributed by atoms with Crippen molar-refractivity contribution in [2.45, 2.75) is 44.2 Å². The number of para-hydroxylation sites is 1. The van der Waals surface area contributed by atoms with Gasteiger partial charge in [-0.1, -0.05) is 18.2 Å². The standard InChI is InChI=1S/C16H21NO2/c1-19-9-8-12-4-2-3-5-16(12)17-13-6-7-14(17)11-15(18)10-13/h2-5,13-14H,6-11H2,1H3. The fourth-order valence-corrected chi connectivity index (χ4v) is 3.55. The number of methoxy groups -OCH3 is 1. The van der Waals surface area contributed by atoms with Crippen LogP contribution in [0.25, 0.3) is 0 Å². The quantitative estimate of drug-likeness (QED) is 0.832. The van der Waals surface area contributed by atoms with Crippen molar-refractivity contribution < 1.29 is 9.53 Å². The van der Waals surface area contributed by atoms with E-state index in [0.717, 1.165) is 38.7 Å². The Labute approximate surface area is 114 Å². The van der Waals surface area contributed by atoms with E-state index in [9.17, 15) is 4.79 Å². The van der Waals surface area contributed by atoms with Crippen molar-refractivity contribution in [3.05, 3.63) is 29.8 Å². The summed E-state index contributed by atoms with van der Waals surface area (Å²) in [5.41, 5.74) is 2.66. The number of rotatable bonds is 4. The molecule has 19 heavy (non-hydrogen) atoms. The number of benzene rings is 1. The molecule has 0 amide bonds. The molecule has 2 aliphatic heterocycles. The summed E-state index contributed by atoms with van der Waals surface area (Å²) in [5.74, 6) is 0.443. The Hall–Kier alpha value is -1.35. The molecule has 1 aromatic rings. The second-order valence-corrected chi connectivity index (χ2v) is 5.61. The van der Waals surface area contributed by atoms with Crippen LogP contribution in [0.4, 0.5) is 5.69 Å². The van der Waals surface area contributed by atoms with Gasteiger partial charge in [0.05, 0.1) is 6.61 Å². The maximum absolute atomic E-state index is 11.7. The fourth-order valence-electron chi connectivity index (χ4n) is 3.55. The van der Waals surface area contributed by atoms with Gasteiger partial charge in [-0.25, -0.2) is 0 Å². The minimum absolute atomic E-state index is 0.426. The van der Waals surface area contributed by atoms with Gasteiger partial charge >= 0.3 is 0 Å². The van der Waals surface area contributed by atoms with E-state index in [-0.39, 0.29) is 0 Å². The largest absolute Gasteiger partial charge is 0.384 e. The second kappa shape index (κ2) is 5.33. The van der Waals surface area contributed by atoms with Gasteiger partial charge in [0.15, 0.2) is 0 Å². The van der Waals surface area contributed by atoms with E-state index in [1.807, 2.05) is 0 Å². The smallest absolute Gasteiger partial charge is 0.137 e. The number of nitrogens with zero attached hydrogens (tertiary/aromatic N) is 1. The number of piperidine rings is 1. The van der Waals surface area contributed by atoms with Crippen molar-refractivity contribution in [1.82, 2.24) is 0 Å². The summed E-state index contributed by atoms with van der Waals surface area (Å²) in [6.45, 7) is 0.749. The van der Waals surface area contributed by atoms with Gasteiger partial charge in [-0.05, 0) is 30.9 Å². The average molecular weight is 259 g/mol. The molecular formula is C16H21NO2. The van der Waals surface area contributed by atoms with Crippen LogP contribution >= 0.6 is 0 Å². The number of Topliss-reactive ketones (excluding diaryl/α,β-unsaturated/α-hetero) is 1. The van der Waals surface area contributed by atoms with Crippen molar-refractivity contribution in [1.29, 1.82) is 0 Å². The number of hydrogen-bond acceptors (Lipinski definition) is 3. The Morgan fingerprint density at radius 2 is 1.89 bits per heavy atom. The van der Waals surface area contributed by atoms with E-state index >= 15 is 0 Å². The van der Waals surface area contributed by atoms with Crippen LogP contribution in [0.3, 0.4) is 0 Å². The number of carbonyl (C=O) groups is 1. The first-order valence-corrected chi connectivity index (χ1v) is 7.16. The van der Waals surface area contributed by atoms with Gasteiger partial charge < -0.3 is 9.64 Å². The molecule has 2 aliphatic rings. The molecule has 0 spiro atoms. The van der Waals surface area contributed by atoms with E-state index in [4.69, 9.17) is 4.74 Å². The van der Waals surface area contributed by atoms with E-state index in [0.29, 0.717) is 17.9 Å². The molecule has 0 radical (unpaired) electrons. The third-order valence-corrected chi connectivity index (χ3v) is 4.39. The molecule has 2 heterocycles. The molecular weight excluding hydrogens is 238 g/mol. The summed E-state index contributed by atoms with van der Waals surface area (Å²) in [6.07, 6.45) is 4.73. The highest BCUT2D eigenvalue weighted by Gasteiger charge is 2.40. The Morgan fingerprint density at radius 3 is 2.58 bits per heavy atom. The summed E-state index contributed by atoms with van der Waals surface area (Å²) in [7, 11) is 1.74. The highest BCUT2D eigenvalue weighted by atomic mass is 16.5. The molecule has 2 atom stereocenters. The van der Waals surface area contributed by atoms with E-state index in [1.54, 1.807) is 7.11 Å². The zero-order valence-electron chi connectivity index (χ0n) is 11.5. The Morgan fingerprint density at radius 1 is 1.21 bits per heavy atom. The van der Waals surface area contributed by atoms with Crippen LogP contribution in [0.2, 0.25) is 0 Å². The zero-order valence-corrected chi connectivity index (χ0v) is 11.5. The molecule has 2 bridgehead atoms. The summed E-state index contributed by atoms with van der Waals surface area (Å²) < 4.78 is 5.20. The van der Waals surface area contributed by atoms with Gasteiger partial charge in [-0.2, -0.15) is 0 Å². The SMILES string of the molecule is COCCc1ccccc1N1C2CCC1CC(=O)C2. The number of hydrogen-bond donors (Lipinski definition) is 0. The predicted octanol–water partition coefficient (Wildman–Crippen LogP) is 2.58. The van der Waals surface area contributed by atoms with Gasteiger partial charge in [-0.3, -0.25) is 4.79 Å². The summed E-state index contributed by atoms with van der Waals surface area (Å²) in [5, 5.41) is 0. The first kappa shape index (κ1) is 12.7. The number of ether oxygens (including phenoxy) is 1. The number of fused-ring (bicyclic) bond motifs is 2. The normalized spacial score (nSPS) is 25.9. The zero-order chi connectivity index (χ0) is 13.2. The number of ketones is 1. The lowest BCUT2D eigenvalue weighted by Gasteiger charge is -2.37. The van der Waals surface area contributed by atoms with Gasteiger partial charge in [0.1, 0.15) is 5.78 Å². The molecule has 3 rings (SSSR count). The molecule has 1 aromatic carbocycles. The van der Waals surface area contributed by atoms with E-state index in [1.165, 1.54) is 11.3 Å². The summed E-state index contributed by atoms with van der Waals surface area (Å²) in [6, 6.07) is 9.42. The van der Waals surface area contributed by atoms with Crippen LogP contribution in [0.15, 0.2) is 24.3 Å². The maximum Gasteiger partial charge on any atom is 0.137 e. The number of anilines is 1. The average Bonchev–Trinajstić information content (AvgIpc) is 2.68. The van der Waals surface area contributed by atoms with Gasteiger partial charge in [0.25, 0.3) is 0 Å². The van der Waals surface area contributed by atoms with Gasteiger partial charge in [0, 0.05) is 37.7 Å². The van der Waals surface area contributed by atoms with Crippen LogP contribution in [0.5, 0.6) is 0 Å². The van der Waals surface area contributed by atoms with E-state index in [2.05, 4.69) is 29.2 Å². The minimum atomic E-state index is 0.426. The Balaban J connectivity index is 1.88. The lowest BCUT2D eigenvalue weighted by Crippen LogP contribution is -2.43. The minimum Gasteiger partial charge on any atom is -0.384 e. The molecule has 102 valence electrons. The first-order valence-electron chi connectivity index (χ1n) is 7.16.